The number of methoxy groups -OCH3 is 2. The number of nitrogens with one attached hydrogen (secondary N) is 3. The fourth-order valence-corrected chi connectivity index (χ4v) is 7.13. The van der Waals surface area contributed by atoms with Crippen molar-refractivity contribution >= 4 is 40.6 Å². The molecule has 8 atom stereocenters. The van der Waals surface area contributed by atoms with E-state index in [1.807, 2.05) is 58.0 Å². The lowest BCUT2D eigenvalue weighted by Gasteiger charge is -2.34. The van der Waals surface area contributed by atoms with Gasteiger partial charge in [0.05, 0.1) is 17.1 Å². The van der Waals surface area contributed by atoms with Crippen LogP contribution in [0.1, 0.15) is 60.5 Å². The van der Waals surface area contributed by atoms with Crippen LogP contribution in [0.5, 0.6) is 0 Å². The van der Waals surface area contributed by atoms with Crippen molar-refractivity contribution in [3.8, 4) is 0 Å². The molecule has 2 aliphatic rings. The number of amides is 4. The molecule has 1 fully saturated rings. The van der Waals surface area contributed by atoms with E-state index in [-0.39, 0.29) is 36.2 Å². The lowest BCUT2D eigenvalue weighted by atomic mass is 9.95. The molecule has 290 valence electrons. The van der Waals surface area contributed by atoms with Crippen LogP contribution in [0.4, 0.5) is 4.79 Å². The number of hydrogen-bond donors (Lipinski definition) is 3. The molecular weight excluding hydrogens is 687 g/mol. The maximum atomic E-state index is 13.7. The summed E-state index contributed by atoms with van der Waals surface area (Å²) in [5.41, 5.74) is 0.362. The summed E-state index contributed by atoms with van der Waals surface area (Å²) in [6.07, 6.45) is 0.759. The van der Waals surface area contributed by atoms with Crippen molar-refractivity contribution in [2.75, 3.05) is 40.1 Å². The Hall–Kier alpha value is -3.46. The van der Waals surface area contributed by atoms with Crippen LogP contribution in [0.25, 0.3) is 0 Å². The van der Waals surface area contributed by atoms with E-state index >= 15 is 0 Å². The molecule has 1 aromatic carbocycles. The topological polar surface area (TPSA) is 157 Å². The minimum atomic E-state index is -0.977. The van der Waals surface area contributed by atoms with Crippen LogP contribution in [0.3, 0.4) is 0 Å². The molecule has 3 rings (SSSR count). The number of thioether (sulfide) groups is 1. The number of aliphatic imine (C=N–C) groups is 1. The van der Waals surface area contributed by atoms with Crippen molar-refractivity contribution in [1.82, 2.24) is 20.9 Å². The Morgan fingerprint density at radius 2 is 1.73 bits per heavy atom. The standard InChI is InChI=1S/C38H59N5O8S/c1-11-24(4)27(43(8)36(46)30(23(2)3)42-37(47)51-38(5,6)7)17-18-29(44)40-22-28-31(48-9)32(49-10)33(50-28)34(45)41-26(35-39-19-20-52-35)21-25-15-13-12-14-16-25/h12-18,23-24,26-28,30-33H,11,19-22H2,1-10H3,(H,40,44)(H,41,45)(H,42,47)/b18-17+/t24-,26-,27+,28+,30-,31+,32-,33+/m0/s1. The Labute approximate surface area is 313 Å². The van der Waals surface area contributed by atoms with Gasteiger partial charge >= 0.3 is 6.09 Å². The van der Waals surface area contributed by atoms with Crippen LogP contribution in [-0.2, 0) is 39.8 Å². The highest BCUT2D eigenvalue weighted by molar-refractivity contribution is 8.14. The van der Waals surface area contributed by atoms with Crippen molar-refractivity contribution < 1.29 is 38.1 Å². The Bertz CT molecular complexity index is 1400. The fourth-order valence-electron chi connectivity index (χ4n) is 6.21. The van der Waals surface area contributed by atoms with Crippen molar-refractivity contribution in [1.29, 1.82) is 0 Å². The first kappa shape index (κ1) is 42.9. The third kappa shape index (κ3) is 12.3. The van der Waals surface area contributed by atoms with Gasteiger partial charge in [-0.15, -0.1) is 11.8 Å². The van der Waals surface area contributed by atoms with Gasteiger partial charge in [-0.1, -0.05) is 70.5 Å². The van der Waals surface area contributed by atoms with Gasteiger partial charge in [-0.05, 0) is 44.6 Å². The number of carbonyl (C=O) groups is 4. The Morgan fingerprint density at radius 1 is 1.06 bits per heavy atom. The van der Waals surface area contributed by atoms with Crippen LogP contribution in [-0.4, -0.2) is 122 Å². The van der Waals surface area contributed by atoms with E-state index < -0.39 is 54.1 Å². The summed E-state index contributed by atoms with van der Waals surface area (Å²) >= 11 is 1.64. The molecule has 0 aliphatic carbocycles. The van der Waals surface area contributed by atoms with Crippen LogP contribution in [0, 0.1) is 11.8 Å². The molecule has 2 aliphatic heterocycles. The zero-order valence-corrected chi connectivity index (χ0v) is 33.2. The summed E-state index contributed by atoms with van der Waals surface area (Å²) in [4.78, 5) is 59.3. The van der Waals surface area contributed by atoms with Crippen molar-refractivity contribution in [3.05, 3.63) is 48.0 Å². The molecule has 0 aromatic heterocycles. The van der Waals surface area contributed by atoms with E-state index in [0.717, 1.165) is 22.8 Å². The number of carbonyl (C=O) groups excluding carboxylic acids is 4. The summed E-state index contributed by atoms with van der Waals surface area (Å²) < 4.78 is 23.0. The van der Waals surface area contributed by atoms with E-state index in [0.29, 0.717) is 13.0 Å². The second kappa shape index (κ2) is 20.1. The molecule has 4 amide bonds. The Kier molecular flexibility index (Phi) is 16.6. The summed E-state index contributed by atoms with van der Waals surface area (Å²) in [5, 5.41) is 9.60. The first-order chi connectivity index (χ1) is 24.6. The average molecular weight is 746 g/mol. The van der Waals surface area contributed by atoms with Gasteiger partial charge in [0.2, 0.25) is 11.8 Å². The molecule has 2 heterocycles. The van der Waals surface area contributed by atoms with Gasteiger partial charge in [-0.3, -0.25) is 19.4 Å². The van der Waals surface area contributed by atoms with E-state index in [4.69, 9.17) is 18.9 Å². The van der Waals surface area contributed by atoms with Crippen LogP contribution in [0.15, 0.2) is 47.5 Å². The quantitative estimate of drug-likeness (QED) is 0.202. The lowest BCUT2D eigenvalue weighted by molar-refractivity contribution is -0.137. The smallest absolute Gasteiger partial charge is 0.408 e. The zero-order valence-electron chi connectivity index (χ0n) is 32.3. The molecular formula is C38H59N5O8S. The number of nitrogens with zero attached hydrogens (tertiary/aromatic N) is 2. The number of ether oxygens (including phenoxy) is 4. The molecule has 1 saturated heterocycles. The van der Waals surface area contributed by atoms with Crippen molar-refractivity contribution in [3.63, 3.8) is 0 Å². The lowest BCUT2D eigenvalue weighted by Crippen LogP contribution is -2.54. The van der Waals surface area contributed by atoms with Gasteiger partial charge < -0.3 is 39.8 Å². The monoisotopic (exact) mass is 745 g/mol. The molecule has 3 N–H and O–H groups in total. The molecule has 52 heavy (non-hydrogen) atoms. The minimum absolute atomic E-state index is 0.00409. The third-order valence-electron chi connectivity index (χ3n) is 9.17. The molecule has 1 aromatic rings. The fraction of sp³-hybridized carbons (Fsp3) is 0.658. The molecule has 0 unspecified atom stereocenters. The molecule has 13 nitrogen and oxygen atoms in total. The van der Waals surface area contributed by atoms with Gasteiger partial charge in [0, 0.05) is 46.2 Å². The minimum Gasteiger partial charge on any atom is -0.444 e. The molecule has 0 bridgehead atoms. The van der Waals surface area contributed by atoms with Gasteiger partial charge in [-0.2, -0.15) is 0 Å². The molecule has 0 radical (unpaired) electrons. The Balaban J connectivity index is 1.67. The van der Waals surface area contributed by atoms with Crippen molar-refractivity contribution in [2.45, 2.75) is 109 Å². The number of benzene rings is 1. The van der Waals surface area contributed by atoms with Crippen LogP contribution in [0.2, 0.25) is 0 Å². The highest BCUT2D eigenvalue weighted by Gasteiger charge is 2.49. The molecule has 14 heteroatoms. The van der Waals surface area contributed by atoms with Crippen molar-refractivity contribution in [2.24, 2.45) is 16.8 Å². The maximum absolute atomic E-state index is 13.7. The normalized spacial score (nSPS) is 22.7. The first-order valence-corrected chi connectivity index (χ1v) is 19.0. The summed E-state index contributed by atoms with van der Waals surface area (Å²) in [7, 11) is 4.69. The summed E-state index contributed by atoms with van der Waals surface area (Å²) in [6.45, 7) is 13.7. The molecule has 0 spiro atoms. The SMILES string of the molecule is CC[C@H](C)[C@@H](/C=C/C(=O)NC[C@H]1O[C@@H](C(=O)N[C@@H](Cc2ccccc2)C2=NCCS2)[C@@H](OC)[C@@H]1OC)N(C)C(=O)[C@@H](NC(=O)OC(C)(C)C)C(C)C. The number of rotatable bonds is 17. The first-order valence-electron chi connectivity index (χ1n) is 18.0. The van der Waals surface area contributed by atoms with Gasteiger partial charge in [0.15, 0.2) is 6.10 Å². The predicted molar refractivity (Wildman–Crippen MR) is 203 cm³/mol. The van der Waals surface area contributed by atoms with E-state index in [1.165, 1.54) is 20.3 Å². The van der Waals surface area contributed by atoms with Gasteiger partial charge in [-0.25, -0.2) is 4.79 Å². The predicted octanol–water partition coefficient (Wildman–Crippen LogP) is 3.75. The largest absolute Gasteiger partial charge is 0.444 e. The summed E-state index contributed by atoms with van der Waals surface area (Å²) in [6, 6.07) is 8.35. The summed E-state index contributed by atoms with van der Waals surface area (Å²) in [5.74, 6) is -0.375. The van der Waals surface area contributed by atoms with Gasteiger partial charge in [0.1, 0.15) is 30.0 Å². The van der Waals surface area contributed by atoms with E-state index in [1.54, 1.807) is 50.6 Å². The maximum Gasteiger partial charge on any atom is 0.408 e. The van der Waals surface area contributed by atoms with E-state index in [2.05, 4.69) is 20.9 Å². The van der Waals surface area contributed by atoms with Crippen LogP contribution >= 0.6 is 11.8 Å². The van der Waals surface area contributed by atoms with E-state index in [9.17, 15) is 19.2 Å². The third-order valence-corrected chi connectivity index (χ3v) is 10.3. The van der Waals surface area contributed by atoms with Gasteiger partial charge in [0.25, 0.3) is 5.91 Å². The second-order valence-electron chi connectivity index (χ2n) is 14.6. The highest BCUT2D eigenvalue weighted by atomic mass is 32.2. The molecule has 0 saturated carbocycles. The zero-order chi connectivity index (χ0) is 38.6. The van der Waals surface area contributed by atoms with Crippen LogP contribution < -0.4 is 16.0 Å². The number of likely N-dealkylation sites (N-methyl/N-ethyl adjacent to an activating group) is 1. The Morgan fingerprint density at radius 3 is 2.29 bits per heavy atom. The highest BCUT2D eigenvalue weighted by Crippen LogP contribution is 2.27. The number of alkyl carbamates (subject to hydrolysis) is 1. The number of hydrogen-bond acceptors (Lipinski definition) is 10. The second-order valence-corrected chi connectivity index (χ2v) is 15.7. The average Bonchev–Trinajstić information content (AvgIpc) is 3.77.